The molecule has 1 aliphatic heterocycles. The van der Waals surface area contributed by atoms with Crippen LogP contribution in [0.3, 0.4) is 0 Å². The largest absolute Gasteiger partial charge is 0.372 e. The Hall–Kier alpha value is -1.72. The van der Waals surface area contributed by atoms with E-state index < -0.39 is 0 Å². The first-order valence-electron chi connectivity index (χ1n) is 8.07. The second-order valence-corrected chi connectivity index (χ2v) is 5.88. The Labute approximate surface area is 131 Å². The van der Waals surface area contributed by atoms with Crippen LogP contribution in [-0.2, 0) is 24.4 Å². The Balaban J connectivity index is 1.48. The molecular formula is C17H24N4O. The van der Waals surface area contributed by atoms with Crippen LogP contribution in [0.5, 0.6) is 0 Å². The monoisotopic (exact) mass is 300 g/mol. The minimum Gasteiger partial charge on any atom is -0.372 e. The molecule has 0 aromatic carbocycles. The molecule has 22 heavy (non-hydrogen) atoms. The van der Waals surface area contributed by atoms with Gasteiger partial charge in [0.1, 0.15) is 0 Å². The fraction of sp³-hybridized carbons (Fsp3) is 0.529. The molecule has 2 aromatic rings. The molecule has 1 saturated heterocycles. The van der Waals surface area contributed by atoms with Crippen molar-refractivity contribution in [3.05, 3.63) is 48.0 Å². The van der Waals surface area contributed by atoms with Crippen LogP contribution in [0.15, 0.2) is 36.9 Å². The van der Waals surface area contributed by atoms with Crippen molar-refractivity contribution in [1.29, 1.82) is 0 Å². The third-order valence-electron chi connectivity index (χ3n) is 4.09. The molecule has 0 radical (unpaired) electrons. The van der Waals surface area contributed by atoms with Gasteiger partial charge in [0, 0.05) is 43.8 Å². The number of pyridine rings is 1. The van der Waals surface area contributed by atoms with Gasteiger partial charge >= 0.3 is 0 Å². The lowest BCUT2D eigenvalue weighted by atomic mass is 10.1. The number of aryl methyl sites for hydroxylation is 1. The van der Waals surface area contributed by atoms with Gasteiger partial charge in [0.25, 0.3) is 0 Å². The SMILES string of the molecule is CCn1cc(CN2CCC[C@H](OCc3cccnc3)C2)cn1. The zero-order chi connectivity index (χ0) is 15.2. The standard InChI is InChI=1S/C17H24N4O/c1-2-21-12-16(10-19-21)11-20-8-4-6-17(13-20)22-14-15-5-3-7-18-9-15/h3,5,7,9-10,12,17H,2,4,6,8,11,13-14H2,1H3/t17-/m0/s1. The lowest BCUT2D eigenvalue weighted by Crippen LogP contribution is -2.39. The molecule has 0 aliphatic carbocycles. The number of hydrogen-bond donors (Lipinski definition) is 0. The lowest BCUT2D eigenvalue weighted by molar-refractivity contribution is -0.0121. The van der Waals surface area contributed by atoms with Crippen molar-refractivity contribution in [2.75, 3.05) is 13.1 Å². The third kappa shape index (κ3) is 4.15. The summed E-state index contributed by atoms with van der Waals surface area (Å²) in [6.45, 7) is 6.80. The predicted molar refractivity (Wildman–Crippen MR) is 85.2 cm³/mol. The average Bonchev–Trinajstić information content (AvgIpc) is 3.02. The van der Waals surface area contributed by atoms with E-state index in [1.165, 1.54) is 12.0 Å². The zero-order valence-electron chi connectivity index (χ0n) is 13.2. The summed E-state index contributed by atoms with van der Waals surface area (Å²) in [5.41, 5.74) is 2.43. The summed E-state index contributed by atoms with van der Waals surface area (Å²) in [4.78, 5) is 6.60. The molecular weight excluding hydrogens is 276 g/mol. The van der Waals surface area contributed by atoms with Crippen LogP contribution in [0, 0.1) is 0 Å². The molecule has 0 bridgehead atoms. The molecule has 1 aliphatic rings. The van der Waals surface area contributed by atoms with Gasteiger partial charge in [0.15, 0.2) is 0 Å². The first kappa shape index (κ1) is 15.2. The van der Waals surface area contributed by atoms with Gasteiger partial charge in [-0.25, -0.2) is 0 Å². The van der Waals surface area contributed by atoms with Crippen LogP contribution in [0.4, 0.5) is 0 Å². The molecule has 0 N–H and O–H groups in total. The summed E-state index contributed by atoms with van der Waals surface area (Å²) in [6, 6.07) is 4.02. The first-order valence-corrected chi connectivity index (χ1v) is 8.07. The van der Waals surface area contributed by atoms with Gasteiger partial charge in [-0.2, -0.15) is 5.10 Å². The Morgan fingerprint density at radius 3 is 3.05 bits per heavy atom. The highest BCUT2D eigenvalue weighted by molar-refractivity contribution is 5.07. The predicted octanol–water partition coefficient (Wildman–Crippen LogP) is 2.48. The maximum absolute atomic E-state index is 6.06. The van der Waals surface area contributed by atoms with Crippen molar-refractivity contribution in [3.8, 4) is 0 Å². The molecule has 2 aromatic heterocycles. The summed E-state index contributed by atoms with van der Waals surface area (Å²) in [5.74, 6) is 0. The van der Waals surface area contributed by atoms with E-state index in [0.29, 0.717) is 12.7 Å². The highest BCUT2D eigenvalue weighted by atomic mass is 16.5. The van der Waals surface area contributed by atoms with Gasteiger partial charge in [-0.3, -0.25) is 14.6 Å². The van der Waals surface area contributed by atoms with Crippen LogP contribution < -0.4 is 0 Å². The fourth-order valence-corrected chi connectivity index (χ4v) is 2.91. The number of piperidine rings is 1. The van der Waals surface area contributed by atoms with Crippen molar-refractivity contribution in [1.82, 2.24) is 19.7 Å². The summed E-state index contributed by atoms with van der Waals surface area (Å²) >= 11 is 0. The molecule has 3 heterocycles. The van der Waals surface area contributed by atoms with Crippen LogP contribution in [-0.4, -0.2) is 38.9 Å². The normalized spacial score (nSPS) is 19.4. The van der Waals surface area contributed by atoms with Gasteiger partial charge in [-0.05, 0) is 37.9 Å². The fourth-order valence-electron chi connectivity index (χ4n) is 2.91. The Morgan fingerprint density at radius 2 is 2.27 bits per heavy atom. The molecule has 5 heteroatoms. The van der Waals surface area contributed by atoms with Gasteiger partial charge in [-0.1, -0.05) is 6.07 Å². The van der Waals surface area contributed by atoms with Gasteiger partial charge < -0.3 is 4.74 Å². The molecule has 1 atom stereocenters. The van der Waals surface area contributed by atoms with E-state index >= 15 is 0 Å². The molecule has 0 unspecified atom stereocenters. The first-order chi connectivity index (χ1) is 10.8. The summed E-state index contributed by atoms with van der Waals surface area (Å²) in [7, 11) is 0. The van der Waals surface area contributed by atoms with Gasteiger partial charge in [0.05, 0.1) is 18.9 Å². The second-order valence-electron chi connectivity index (χ2n) is 5.88. The minimum absolute atomic E-state index is 0.315. The quantitative estimate of drug-likeness (QED) is 0.822. The smallest absolute Gasteiger partial charge is 0.0736 e. The molecule has 3 rings (SSSR count). The lowest BCUT2D eigenvalue weighted by Gasteiger charge is -2.32. The molecule has 0 amide bonds. The Kier molecular flexibility index (Phi) is 5.19. The van der Waals surface area contributed by atoms with Gasteiger partial charge in [0.2, 0.25) is 0 Å². The number of aromatic nitrogens is 3. The number of rotatable bonds is 6. The van der Waals surface area contributed by atoms with Crippen LogP contribution >= 0.6 is 0 Å². The second kappa shape index (κ2) is 7.51. The number of likely N-dealkylation sites (tertiary alicyclic amines) is 1. The van der Waals surface area contributed by atoms with E-state index in [1.807, 2.05) is 23.1 Å². The number of nitrogens with zero attached hydrogens (tertiary/aromatic N) is 4. The van der Waals surface area contributed by atoms with E-state index in [2.05, 4.69) is 34.2 Å². The Bertz CT molecular complexity index is 569. The zero-order valence-corrected chi connectivity index (χ0v) is 13.2. The van der Waals surface area contributed by atoms with Gasteiger partial charge in [-0.15, -0.1) is 0 Å². The molecule has 0 spiro atoms. The van der Waals surface area contributed by atoms with Crippen LogP contribution in [0.1, 0.15) is 30.9 Å². The number of ether oxygens (including phenoxy) is 1. The molecule has 0 saturated carbocycles. The van der Waals surface area contributed by atoms with Crippen molar-refractivity contribution in [3.63, 3.8) is 0 Å². The highest BCUT2D eigenvalue weighted by Crippen LogP contribution is 2.17. The highest BCUT2D eigenvalue weighted by Gasteiger charge is 2.20. The maximum Gasteiger partial charge on any atom is 0.0736 e. The summed E-state index contributed by atoms with van der Waals surface area (Å²) in [5, 5.41) is 4.35. The minimum atomic E-state index is 0.315. The average molecular weight is 300 g/mol. The van der Waals surface area contributed by atoms with Crippen molar-refractivity contribution in [2.45, 2.75) is 45.6 Å². The molecule has 5 nitrogen and oxygen atoms in total. The topological polar surface area (TPSA) is 43.2 Å². The molecule has 118 valence electrons. The molecule has 1 fully saturated rings. The van der Waals surface area contributed by atoms with E-state index in [1.54, 1.807) is 6.20 Å². The summed E-state index contributed by atoms with van der Waals surface area (Å²) in [6.07, 6.45) is 10.4. The van der Waals surface area contributed by atoms with Crippen molar-refractivity contribution < 1.29 is 4.74 Å². The van der Waals surface area contributed by atoms with Crippen molar-refractivity contribution in [2.24, 2.45) is 0 Å². The van der Waals surface area contributed by atoms with Crippen LogP contribution in [0.25, 0.3) is 0 Å². The third-order valence-corrected chi connectivity index (χ3v) is 4.09. The number of hydrogen-bond acceptors (Lipinski definition) is 4. The maximum atomic E-state index is 6.06. The van der Waals surface area contributed by atoms with E-state index in [9.17, 15) is 0 Å². The Morgan fingerprint density at radius 1 is 1.32 bits per heavy atom. The van der Waals surface area contributed by atoms with E-state index in [0.717, 1.165) is 38.2 Å². The summed E-state index contributed by atoms with van der Waals surface area (Å²) < 4.78 is 8.04. The van der Waals surface area contributed by atoms with Crippen LogP contribution in [0.2, 0.25) is 0 Å². The van der Waals surface area contributed by atoms with E-state index in [4.69, 9.17) is 4.74 Å². The van der Waals surface area contributed by atoms with E-state index in [-0.39, 0.29) is 0 Å². The van der Waals surface area contributed by atoms with Crippen molar-refractivity contribution >= 4 is 0 Å².